The van der Waals surface area contributed by atoms with Gasteiger partial charge >= 0.3 is 5.97 Å². The molecule has 4 aromatic rings. The second kappa shape index (κ2) is 6.89. The Morgan fingerprint density at radius 3 is 2.93 bits per heavy atom. The van der Waals surface area contributed by atoms with Gasteiger partial charge < -0.3 is 14.6 Å². The molecule has 0 atom stereocenters. The van der Waals surface area contributed by atoms with Crippen LogP contribution in [0, 0.1) is 0 Å². The Labute approximate surface area is 170 Å². The van der Waals surface area contributed by atoms with Gasteiger partial charge in [0.15, 0.2) is 5.69 Å². The van der Waals surface area contributed by atoms with Crippen molar-refractivity contribution in [2.75, 3.05) is 13.7 Å². The molecule has 0 saturated carbocycles. The van der Waals surface area contributed by atoms with Gasteiger partial charge in [0.1, 0.15) is 0 Å². The van der Waals surface area contributed by atoms with E-state index in [0.29, 0.717) is 24.3 Å². The number of benzene rings is 1. The minimum atomic E-state index is -0.372. The Balaban J connectivity index is 1.44. The minimum absolute atomic E-state index is 0.104. The quantitative estimate of drug-likeness (QED) is 0.509. The summed E-state index contributed by atoms with van der Waals surface area (Å²) in [4.78, 5) is 31.2. The molecule has 4 heterocycles. The predicted octanol–water partition coefficient (Wildman–Crippen LogP) is 3.60. The number of carbonyl (C=O) groups is 2. The molecular weight excluding hydrogens is 388 g/mol. The second-order valence-electron chi connectivity index (χ2n) is 6.95. The third-order valence-corrected chi connectivity index (χ3v) is 6.17. The van der Waals surface area contributed by atoms with E-state index in [1.54, 1.807) is 28.4 Å². The van der Waals surface area contributed by atoms with Crippen LogP contribution in [0.2, 0.25) is 0 Å². The summed E-state index contributed by atoms with van der Waals surface area (Å²) in [5.41, 5.74) is 4.85. The molecule has 1 amide bonds. The molecule has 1 aliphatic rings. The SMILES string of the molecule is COC(=O)c1ccc2[nH]c3c(c2c1)CN(C(=O)c1cc(-c2cccs2)[nH]n1)CC3. The van der Waals surface area contributed by atoms with Crippen LogP contribution in [-0.4, -0.2) is 45.6 Å². The number of aromatic amines is 2. The summed E-state index contributed by atoms with van der Waals surface area (Å²) in [6.07, 6.45) is 0.728. The molecule has 5 rings (SSSR count). The number of nitrogens with zero attached hydrogens (tertiary/aromatic N) is 2. The van der Waals surface area contributed by atoms with Crippen LogP contribution in [0.3, 0.4) is 0 Å². The van der Waals surface area contributed by atoms with Crippen molar-refractivity contribution < 1.29 is 14.3 Å². The number of methoxy groups -OCH3 is 1. The number of carbonyl (C=O) groups excluding carboxylic acids is 2. The van der Waals surface area contributed by atoms with Gasteiger partial charge in [-0.25, -0.2) is 4.79 Å². The first-order chi connectivity index (χ1) is 14.1. The summed E-state index contributed by atoms with van der Waals surface area (Å²) in [6, 6.07) is 11.2. The number of thiophene rings is 1. The highest BCUT2D eigenvalue weighted by Gasteiger charge is 2.26. The van der Waals surface area contributed by atoms with Gasteiger partial charge in [-0.15, -0.1) is 11.3 Å². The fourth-order valence-electron chi connectivity index (χ4n) is 3.78. The van der Waals surface area contributed by atoms with Gasteiger partial charge in [-0.2, -0.15) is 5.10 Å². The Morgan fingerprint density at radius 2 is 2.14 bits per heavy atom. The van der Waals surface area contributed by atoms with Crippen molar-refractivity contribution in [3.63, 3.8) is 0 Å². The van der Waals surface area contributed by atoms with Crippen molar-refractivity contribution in [1.29, 1.82) is 0 Å². The lowest BCUT2D eigenvalue weighted by Crippen LogP contribution is -2.36. The van der Waals surface area contributed by atoms with E-state index >= 15 is 0 Å². The molecule has 0 aliphatic carbocycles. The van der Waals surface area contributed by atoms with Gasteiger partial charge in [0.25, 0.3) is 5.91 Å². The van der Waals surface area contributed by atoms with E-state index < -0.39 is 0 Å². The summed E-state index contributed by atoms with van der Waals surface area (Å²) in [5.74, 6) is -0.476. The summed E-state index contributed by atoms with van der Waals surface area (Å²) >= 11 is 1.60. The molecule has 0 spiro atoms. The summed E-state index contributed by atoms with van der Waals surface area (Å²) in [5, 5.41) is 10.1. The van der Waals surface area contributed by atoms with Gasteiger partial charge in [0.05, 0.1) is 23.2 Å². The number of rotatable bonds is 3. The summed E-state index contributed by atoms with van der Waals surface area (Å²) < 4.78 is 4.83. The van der Waals surface area contributed by atoms with Crippen molar-refractivity contribution in [2.45, 2.75) is 13.0 Å². The topological polar surface area (TPSA) is 91.1 Å². The normalized spacial score (nSPS) is 13.5. The molecule has 0 bridgehead atoms. The Hall–Kier alpha value is -3.39. The molecule has 0 saturated heterocycles. The van der Waals surface area contributed by atoms with Crippen molar-refractivity contribution >= 4 is 34.1 Å². The van der Waals surface area contributed by atoms with Gasteiger partial charge in [0, 0.05) is 41.7 Å². The highest BCUT2D eigenvalue weighted by Crippen LogP contribution is 2.30. The third-order valence-electron chi connectivity index (χ3n) is 5.27. The number of esters is 1. The minimum Gasteiger partial charge on any atom is -0.465 e. The van der Waals surface area contributed by atoms with Crippen molar-refractivity contribution in [1.82, 2.24) is 20.1 Å². The van der Waals surface area contributed by atoms with Gasteiger partial charge in [-0.3, -0.25) is 9.89 Å². The zero-order chi connectivity index (χ0) is 20.0. The van der Waals surface area contributed by atoms with E-state index in [0.717, 1.165) is 39.2 Å². The van der Waals surface area contributed by atoms with Crippen LogP contribution in [0.25, 0.3) is 21.5 Å². The first-order valence-electron chi connectivity index (χ1n) is 9.24. The number of nitrogens with one attached hydrogen (secondary N) is 2. The molecule has 3 aromatic heterocycles. The standard InChI is InChI=1S/C21H18N4O3S/c1-28-21(27)12-4-5-15-13(9-12)14-11-25(7-6-16(14)22-15)20(26)18-10-17(23-24-18)19-3-2-8-29-19/h2-5,8-10,22H,6-7,11H2,1H3,(H,23,24). The van der Waals surface area contributed by atoms with E-state index in [9.17, 15) is 9.59 Å². The number of H-pyrrole nitrogens is 2. The summed E-state index contributed by atoms with van der Waals surface area (Å²) in [7, 11) is 1.37. The van der Waals surface area contributed by atoms with E-state index in [-0.39, 0.29) is 11.9 Å². The zero-order valence-electron chi connectivity index (χ0n) is 15.7. The number of fused-ring (bicyclic) bond motifs is 3. The van der Waals surface area contributed by atoms with Crippen LogP contribution >= 0.6 is 11.3 Å². The van der Waals surface area contributed by atoms with Crippen LogP contribution in [0.1, 0.15) is 32.1 Å². The van der Waals surface area contributed by atoms with Gasteiger partial charge in [-0.05, 0) is 35.7 Å². The molecule has 8 heteroatoms. The Morgan fingerprint density at radius 1 is 1.24 bits per heavy atom. The maximum Gasteiger partial charge on any atom is 0.337 e. The first kappa shape index (κ1) is 17.7. The molecule has 0 fully saturated rings. The molecule has 1 aliphatic heterocycles. The highest BCUT2D eigenvalue weighted by atomic mass is 32.1. The molecule has 0 unspecified atom stereocenters. The number of ether oxygens (including phenoxy) is 1. The lowest BCUT2D eigenvalue weighted by Gasteiger charge is -2.26. The lowest BCUT2D eigenvalue weighted by molar-refractivity contribution is 0.0600. The van der Waals surface area contributed by atoms with Crippen LogP contribution in [0.4, 0.5) is 0 Å². The van der Waals surface area contributed by atoms with E-state index in [4.69, 9.17) is 4.74 Å². The smallest absolute Gasteiger partial charge is 0.337 e. The van der Waals surface area contributed by atoms with Gasteiger partial charge in [0.2, 0.25) is 0 Å². The maximum absolute atomic E-state index is 13.0. The second-order valence-corrected chi connectivity index (χ2v) is 7.90. The number of hydrogen-bond acceptors (Lipinski definition) is 5. The van der Waals surface area contributed by atoms with Crippen LogP contribution in [-0.2, 0) is 17.7 Å². The number of aromatic nitrogens is 3. The lowest BCUT2D eigenvalue weighted by atomic mass is 10.0. The molecule has 146 valence electrons. The van der Waals surface area contributed by atoms with E-state index in [2.05, 4.69) is 15.2 Å². The third kappa shape index (κ3) is 3.01. The zero-order valence-corrected chi connectivity index (χ0v) is 16.5. The first-order valence-corrected chi connectivity index (χ1v) is 10.1. The molecule has 2 N–H and O–H groups in total. The molecule has 29 heavy (non-hydrogen) atoms. The predicted molar refractivity (Wildman–Crippen MR) is 110 cm³/mol. The molecule has 1 aromatic carbocycles. The van der Waals surface area contributed by atoms with Crippen LogP contribution < -0.4 is 0 Å². The van der Waals surface area contributed by atoms with Crippen LogP contribution in [0.5, 0.6) is 0 Å². The molecular formula is C21H18N4O3S. The maximum atomic E-state index is 13.0. The molecule has 7 nitrogen and oxygen atoms in total. The average molecular weight is 406 g/mol. The monoisotopic (exact) mass is 406 g/mol. The number of hydrogen-bond donors (Lipinski definition) is 2. The summed E-state index contributed by atoms with van der Waals surface area (Å²) in [6.45, 7) is 1.09. The van der Waals surface area contributed by atoms with Crippen molar-refractivity contribution in [2.24, 2.45) is 0 Å². The Bertz CT molecular complexity index is 1220. The van der Waals surface area contributed by atoms with E-state index in [1.165, 1.54) is 7.11 Å². The van der Waals surface area contributed by atoms with Crippen LogP contribution in [0.15, 0.2) is 41.8 Å². The van der Waals surface area contributed by atoms with Gasteiger partial charge in [-0.1, -0.05) is 6.07 Å². The largest absolute Gasteiger partial charge is 0.465 e. The highest BCUT2D eigenvalue weighted by molar-refractivity contribution is 7.13. The van der Waals surface area contributed by atoms with Crippen molar-refractivity contribution in [3.05, 3.63) is 64.3 Å². The van der Waals surface area contributed by atoms with E-state index in [1.807, 2.05) is 29.6 Å². The Kier molecular flexibility index (Phi) is 4.21. The number of amides is 1. The fraction of sp³-hybridized carbons (Fsp3) is 0.190. The van der Waals surface area contributed by atoms with Crippen molar-refractivity contribution in [3.8, 4) is 10.6 Å². The fourth-order valence-corrected chi connectivity index (χ4v) is 4.48. The molecule has 0 radical (unpaired) electrons. The average Bonchev–Trinajstić information content (AvgIpc) is 3.50.